The number of halogens is 1. The number of nitrogens with zero attached hydrogens (tertiary/aromatic N) is 2. The zero-order valence-electron chi connectivity index (χ0n) is 16.5. The van der Waals surface area contributed by atoms with E-state index < -0.39 is 0 Å². The molecule has 150 valence electrons. The minimum absolute atomic E-state index is 0.0930. The number of nitrogens with one attached hydrogen (secondary N) is 1. The average Bonchev–Trinajstić information content (AvgIpc) is 3.11. The van der Waals surface area contributed by atoms with Crippen molar-refractivity contribution in [3.8, 4) is 10.6 Å². The van der Waals surface area contributed by atoms with Gasteiger partial charge in [0.15, 0.2) is 0 Å². The summed E-state index contributed by atoms with van der Waals surface area (Å²) in [5, 5.41) is 5.39. The molecule has 1 aromatic heterocycles. The summed E-state index contributed by atoms with van der Waals surface area (Å²) in [6, 6.07) is 11.7. The standard InChI is InChI=1S/C22H22FN3O2S/c1-14-4-9-19(15(2)10-14)22-25-18(13-29-22)11-21(28)26(3)12-20(27)24-17-7-5-16(23)6-8-17/h4-10,13H,11-12H2,1-3H3,(H,24,27). The van der Waals surface area contributed by atoms with Crippen molar-refractivity contribution >= 4 is 28.8 Å². The van der Waals surface area contributed by atoms with E-state index in [2.05, 4.69) is 16.4 Å². The molecule has 7 heteroatoms. The summed E-state index contributed by atoms with van der Waals surface area (Å²) in [5.74, 6) is -0.919. The summed E-state index contributed by atoms with van der Waals surface area (Å²) in [6.45, 7) is 4.00. The van der Waals surface area contributed by atoms with Crippen LogP contribution in [0.3, 0.4) is 0 Å². The SMILES string of the molecule is Cc1ccc(-c2nc(CC(=O)N(C)CC(=O)Nc3ccc(F)cc3)cs2)c(C)c1. The quantitative estimate of drug-likeness (QED) is 0.661. The summed E-state index contributed by atoms with van der Waals surface area (Å²) in [7, 11) is 1.57. The van der Waals surface area contributed by atoms with E-state index in [1.54, 1.807) is 7.05 Å². The number of hydrogen-bond acceptors (Lipinski definition) is 4. The predicted octanol–water partition coefficient (Wildman–Crippen LogP) is 4.21. The summed E-state index contributed by atoms with van der Waals surface area (Å²) < 4.78 is 12.9. The predicted molar refractivity (Wildman–Crippen MR) is 113 cm³/mol. The molecule has 0 saturated carbocycles. The van der Waals surface area contributed by atoms with Gasteiger partial charge in [0.25, 0.3) is 0 Å². The largest absolute Gasteiger partial charge is 0.336 e. The van der Waals surface area contributed by atoms with E-state index in [9.17, 15) is 14.0 Å². The number of amides is 2. The maximum absolute atomic E-state index is 12.9. The Hall–Kier alpha value is -3.06. The Labute approximate surface area is 173 Å². The van der Waals surface area contributed by atoms with Crippen LogP contribution in [0.15, 0.2) is 47.8 Å². The van der Waals surface area contributed by atoms with Crippen molar-refractivity contribution in [3.05, 3.63) is 70.5 Å². The lowest BCUT2D eigenvalue weighted by molar-refractivity contribution is -0.132. The van der Waals surface area contributed by atoms with Gasteiger partial charge in [-0.05, 0) is 43.7 Å². The second kappa shape index (κ2) is 8.96. The molecule has 2 amide bonds. The Morgan fingerprint density at radius 1 is 1.14 bits per heavy atom. The molecule has 0 aliphatic heterocycles. The Kier molecular flexibility index (Phi) is 6.39. The van der Waals surface area contributed by atoms with Gasteiger partial charge >= 0.3 is 0 Å². The number of thiazole rings is 1. The van der Waals surface area contributed by atoms with Gasteiger partial charge in [0.05, 0.1) is 18.7 Å². The Bertz CT molecular complexity index is 1030. The van der Waals surface area contributed by atoms with Crippen LogP contribution < -0.4 is 5.32 Å². The van der Waals surface area contributed by atoms with E-state index in [0.717, 1.165) is 16.1 Å². The fourth-order valence-corrected chi connectivity index (χ4v) is 3.80. The normalized spacial score (nSPS) is 10.6. The van der Waals surface area contributed by atoms with Crippen molar-refractivity contribution in [1.29, 1.82) is 0 Å². The topological polar surface area (TPSA) is 62.3 Å². The third-order valence-corrected chi connectivity index (χ3v) is 5.36. The molecule has 29 heavy (non-hydrogen) atoms. The van der Waals surface area contributed by atoms with E-state index in [0.29, 0.717) is 11.4 Å². The smallest absolute Gasteiger partial charge is 0.243 e. The van der Waals surface area contributed by atoms with Crippen molar-refractivity contribution in [3.63, 3.8) is 0 Å². The highest BCUT2D eigenvalue weighted by Gasteiger charge is 2.16. The average molecular weight is 412 g/mol. The van der Waals surface area contributed by atoms with Crippen LogP contribution in [0, 0.1) is 19.7 Å². The third kappa shape index (κ3) is 5.48. The van der Waals surface area contributed by atoms with Crippen LogP contribution in [-0.2, 0) is 16.0 Å². The highest BCUT2D eigenvalue weighted by atomic mass is 32.1. The highest BCUT2D eigenvalue weighted by molar-refractivity contribution is 7.13. The maximum atomic E-state index is 12.9. The molecule has 0 atom stereocenters. The molecule has 0 fully saturated rings. The van der Waals surface area contributed by atoms with Crippen LogP contribution in [0.5, 0.6) is 0 Å². The first kappa shape index (κ1) is 20.7. The molecule has 1 heterocycles. The lowest BCUT2D eigenvalue weighted by atomic mass is 10.1. The van der Waals surface area contributed by atoms with Crippen LogP contribution in [0.1, 0.15) is 16.8 Å². The van der Waals surface area contributed by atoms with Gasteiger partial charge in [-0.15, -0.1) is 11.3 Å². The van der Waals surface area contributed by atoms with Gasteiger partial charge in [0, 0.05) is 23.7 Å². The molecule has 3 aromatic rings. The number of likely N-dealkylation sites (N-methyl/N-ethyl adjacent to an activating group) is 1. The zero-order valence-corrected chi connectivity index (χ0v) is 17.3. The number of hydrogen-bond donors (Lipinski definition) is 1. The molecule has 3 rings (SSSR count). The van der Waals surface area contributed by atoms with Crippen molar-refractivity contribution in [2.75, 3.05) is 18.9 Å². The van der Waals surface area contributed by atoms with Gasteiger partial charge in [0.2, 0.25) is 11.8 Å². The minimum atomic E-state index is -0.376. The molecule has 0 aliphatic carbocycles. The Morgan fingerprint density at radius 2 is 1.86 bits per heavy atom. The van der Waals surface area contributed by atoms with Crippen molar-refractivity contribution < 1.29 is 14.0 Å². The number of aromatic nitrogens is 1. The molecule has 1 N–H and O–H groups in total. The number of aryl methyl sites for hydroxylation is 2. The van der Waals surface area contributed by atoms with Crippen molar-refractivity contribution in [1.82, 2.24) is 9.88 Å². The van der Waals surface area contributed by atoms with Gasteiger partial charge < -0.3 is 10.2 Å². The molecule has 5 nitrogen and oxygen atoms in total. The summed E-state index contributed by atoms with van der Waals surface area (Å²) >= 11 is 1.50. The summed E-state index contributed by atoms with van der Waals surface area (Å²) in [5.41, 5.74) is 4.56. The monoisotopic (exact) mass is 411 g/mol. The molecule has 0 spiro atoms. The van der Waals surface area contributed by atoms with Gasteiger partial charge in [-0.25, -0.2) is 9.37 Å². The maximum Gasteiger partial charge on any atom is 0.243 e. The summed E-state index contributed by atoms with van der Waals surface area (Å²) in [6.07, 6.45) is 0.127. The van der Waals surface area contributed by atoms with Crippen LogP contribution in [-0.4, -0.2) is 35.3 Å². The van der Waals surface area contributed by atoms with Gasteiger partial charge in [-0.2, -0.15) is 0 Å². The van der Waals surface area contributed by atoms with E-state index in [1.165, 1.54) is 46.1 Å². The van der Waals surface area contributed by atoms with Crippen LogP contribution in [0.2, 0.25) is 0 Å². The second-order valence-electron chi connectivity index (χ2n) is 6.94. The highest BCUT2D eigenvalue weighted by Crippen LogP contribution is 2.27. The first-order valence-electron chi connectivity index (χ1n) is 9.13. The van der Waals surface area contributed by atoms with Gasteiger partial charge in [-0.1, -0.05) is 23.8 Å². The molecule has 0 saturated heterocycles. The van der Waals surface area contributed by atoms with Gasteiger partial charge in [-0.3, -0.25) is 9.59 Å². The van der Waals surface area contributed by atoms with E-state index >= 15 is 0 Å². The molecular weight excluding hydrogens is 389 g/mol. The lowest BCUT2D eigenvalue weighted by Crippen LogP contribution is -2.35. The number of anilines is 1. The first-order valence-corrected chi connectivity index (χ1v) is 10.0. The lowest BCUT2D eigenvalue weighted by Gasteiger charge is -2.16. The van der Waals surface area contributed by atoms with Crippen molar-refractivity contribution in [2.45, 2.75) is 20.3 Å². The fraction of sp³-hybridized carbons (Fsp3) is 0.227. The molecule has 2 aromatic carbocycles. The molecule has 0 unspecified atom stereocenters. The minimum Gasteiger partial charge on any atom is -0.336 e. The number of carbonyl (C=O) groups is 2. The number of carbonyl (C=O) groups excluding carboxylic acids is 2. The first-order chi connectivity index (χ1) is 13.8. The summed E-state index contributed by atoms with van der Waals surface area (Å²) in [4.78, 5) is 30.5. The molecule has 0 bridgehead atoms. The zero-order chi connectivity index (χ0) is 21.0. The van der Waals surface area contributed by atoms with E-state index in [1.807, 2.05) is 31.4 Å². The fourth-order valence-electron chi connectivity index (χ4n) is 2.89. The van der Waals surface area contributed by atoms with Crippen molar-refractivity contribution in [2.24, 2.45) is 0 Å². The Balaban J connectivity index is 1.57. The molecule has 0 aliphatic rings. The van der Waals surface area contributed by atoms with Crippen LogP contribution in [0.25, 0.3) is 10.6 Å². The van der Waals surface area contributed by atoms with Crippen LogP contribution >= 0.6 is 11.3 Å². The van der Waals surface area contributed by atoms with Gasteiger partial charge in [0.1, 0.15) is 10.8 Å². The Morgan fingerprint density at radius 3 is 2.55 bits per heavy atom. The molecule has 0 radical (unpaired) electrons. The number of benzene rings is 2. The number of rotatable bonds is 6. The second-order valence-corrected chi connectivity index (χ2v) is 7.80. The van der Waals surface area contributed by atoms with E-state index in [4.69, 9.17) is 0 Å². The molecular formula is C22H22FN3O2S. The van der Waals surface area contributed by atoms with Crippen LogP contribution in [0.4, 0.5) is 10.1 Å². The third-order valence-electron chi connectivity index (χ3n) is 4.43. The van der Waals surface area contributed by atoms with E-state index in [-0.39, 0.29) is 30.6 Å².